The Morgan fingerprint density at radius 3 is 2.39 bits per heavy atom. The Labute approximate surface area is 137 Å². The predicted octanol–water partition coefficient (Wildman–Crippen LogP) is -0.293. The minimum atomic E-state index is -3.15. The van der Waals surface area contributed by atoms with Gasteiger partial charge < -0.3 is 16.0 Å². The molecule has 0 radical (unpaired) electrons. The second-order valence-electron chi connectivity index (χ2n) is 6.21. The number of nitrogens with zero attached hydrogens (tertiary/aromatic N) is 2. The zero-order valence-corrected chi connectivity index (χ0v) is 14.3. The number of rotatable bonds is 4. The summed E-state index contributed by atoms with van der Waals surface area (Å²) in [6.45, 7) is 3.49. The molecule has 0 spiro atoms. The molecule has 1 unspecified atom stereocenters. The second-order valence-corrected chi connectivity index (χ2v) is 8.46. The monoisotopic (exact) mass is 346 g/mol. The Bertz CT molecular complexity index is 543. The maximum atomic E-state index is 12.3. The van der Waals surface area contributed by atoms with Gasteiger partial charge in [0.15, 0.2) is 0 Å². The smallest absolute Gasteiger partial charge is 0.314 e. The number of hydrogen-bond acceptors (Lipinski definition) is 4. The molecule has 2 aliphatic rings. The SMILES string of the molecule is CCS(=O)(=O)N1CCC(NC(=O)C2CCCN(C(N)=O)C2)CC1. The van der Waals surface area contributed by atoms with Crippen LogP contribution in [0.3, 0.4) is 0 Å². The first-order chi connectivity index (χ1) is 10.8. The Kier molecular flexibility index (Phi) is 5.85. The lowest BCUT2D eigenvalue weighted by Gasteiger charge is -2.34. The molecule has 9 heteroatoms. The second kappa shape index (κ2) is 7.48. The minimum absolute atomic E-state index is 0.00485. The first-order valence-electron chi connectivity index (χ1n) is 8.16. The number of hydrogen-bond donors (Lipinski definition) is 2. The van der Waals surface area contributed by atoms with Crippen molar-refractivity contribution in [2.24, 2.45) is 11.7 Å². The van der Waals surface area contributed by atoms with Crippen LogP contribution < -0.4 is 11.1 Å². The Balaban J connectivity index is 1.82. The van der Waals surface area contributed by atoms with Gasteiger partial charge in [-0.3, -0.25) is 4.79 Å². The van der Waals surface area contributed by atoms with Crippen molar-refractivity contribution < 1.29 is 18.0 Å². The highest BCUT2D eigenvalue weighted by molar-refractivity contribution is 7.89. The molecule has 0 aromatic carbocycles. The summed E-state index contributed by atoms with van der Waals surface area (Å²) in [6.07, 6.45) is 2.77. The van der Waals surface area contributed by atoms with E-state index in [1.807, 2.05) is 0 Å². The van der Waals surface area contributed by atoms with Gasteiger partial charge in [0.05, 0.1) is 11.7 Å². The normalized spacial score (nSPS) is 24.4. The van der Waals surface area contributed by atoms with Crippen molar-refractivity contribution in [3.63, 3.8) is 0 Å². The molecule has 2 heterocycles. The molecule has 0 aromatic rings. The third-order valence-corrected chi connectivity index (χ3v) is 6.54. The number of carbonyl (C=O) groups excluding carboxylic acids is 2. The van der Waals surface area contributed by atoms with E-state index in [2.05, 4.69) is 5.32 Å². The van der Waals surface area contributed by atoms with Crippen molar-refractivity contribution in [2.45, 2.75) is 38.6 Å². The molecule has 3 amide bonds. The third-order valence-electron chi connectivity index (χ3n) is 4.66. The van der Waals surface area contributed by atoms with Crippen LogP contribution in [0.25, 0.3) is 0 Å². The van der Waals surface area contributed by atoms with Gasteiger partial charge in [-0.05, 0) is 32.6 Å². The van der Waals surface area contributed by atoms with E-state index < -0.39 is 16.1 Å². The lowest BCUT2D eigenvalue weighted by atomic mass is 9.96. The van der Waals surface area contributed by atoms with Crippen LogP contribution >= 0.6 is 0 Å². The minimum Gasteiger partial charge on any atom is -0.353 e. The molecule has 8 nitrogen and oxygen atoms in total. The molecule has 0 saturated carbocycles. The van der Waals surface area contributed by atoms with Crippen LogP contribution in [0.1, 0.15) is 32.6 Å². The number of piperidine rings is 2. The molecule has 2 saturated heterocycles. The van der Waals surface area contributed by atoms with Gasteiger partial charge in [-0.1, -0.05) is 0 Å². The van der Waals surface area contributed by atoms with Crippen molar-refractivity contribution in [1.29, 1.82) is 0 Å². The number of urea groups is 1. The van der Waals surface area contributed by atoms with Crippen molar-refractivity contribution in [3.05, 3.63) is 0 Å². The molecule has 23 heavy (non-hydrogen) atoms. The molecule has 0 aliphatic carbocycles. The van der Waals surface area contributed by atoms with Crippen LogP contribution in [0.4, 0.5) is 4.79 Å². The average Bonchev–Trinajstić information content (AvgIpc) is 2.55. The zero-order chi connectivity index (χ0) is 17.0. The van der Waals surface area contributed by atoms with E-state index in [1.54, 1.807) is 6.92 Å². The Hall–Kier alpha value is -1.35. The maximum Gasteiger partial charge on any atom is 0.314 e. The number of likely N-dealkylation sites (tertiary alicyclic amines) is 1. The molecular formula is C14H26N4O4S. The highest BCUT2D eigenvalue weighted by Crippen LogP contribution is 2.19. The number of amides is 3. The summed E-state index contributed by atoms with van der Waals surface area (Å²) in [7, 11) is -3.15. The predicted molar refractivity (Wildman–Crippen MR) is 86.1 cm³/mol. The van der Waals surface area contributed by atoms with Crippen LogP contribution in [-0.4, -0.2) is 67.5 Å². The summed E-state index contributed by atoms with van der Waals surface area (Å²) in [4.78, 5) is 25.1. The number of nitrogens with two attached hydrogens (primary N) is 1. The van der Waals surface area contributed by atoms with Gasteiger partial charge >= 0.3 is 6.03 Å². The third kappa shape index (κ3) is 4.57. The van der Waals surface area contributed by atoms with E-state index in [0.29, 0.717) is 39.0 Å². The molecule has 1 atom stereocenters. The van der Waals surface area contributed by atoms with Crippen LogP contribution in [0.15, 0.2) is 0 Å². The fraction of sp³-hybridized carbons (Fsp3) is 0.857. The van der Waals surface area contributed by atoms with Crippen molar-refractivity contribution in [2.75, 3.05) is 31.9 Å². The van der Waals surface area contributed by atoms with Crippen molar-refractivity contribution in [1.82, 2.24) is 14.5 Å². The van der Waals surface area contributed by atoms with E-state index in [4.69, 9.17) is 5.73 Å². The summed E-state index contributed by atoms with van der Waals surface area (Å²) in [5.74, 6) is -0.184. The van der Waals surface area contributed by atoms with E-state index >= 15 is 0 Å². The molecule has 0 aromatic heterocycles. The van der Waals surface area contributed by atoms with Crippen LogP contribution in [0.5, 0.6) is 0 Å². The largest absolute Gasteiger partial charge is 0.353 e. The average molecular weight is 346 g/mol. The first kappa shape index (κ1) is 18.0. The van der Waals surface area contributed by atoms with Gasteiger partial charge in [0.25, 0.3) is 0 Å². The van der Waals surface area contributed by atoms with Gasteiger partial charge in [0, 0.05) is 32.2 Å². The zero-order valence-electron chi connectivity index (χ0n) is 13.5. The Morgan fingerprint density at radius 2 is 1.83 bits per heavy atom. The van der Waals surface area contributed by atoms with E-state index in [9.17, 15) is 18.0 Å². The van der Waals surface area contributed by atoms with Gasteiger partial charge in [-0.15, -0.1) is 0 Å². The van der Waals surface area contributed by atoms with Crippen molar-refractivity contribution >= 4 is 22.0 Å². The van der Waals surface area contributed by atoms with E-state index in [0.717, 1.165) is 12.8 Å². The van der Waals surface area contributed by atoms with Crippen LogP contribution in [0.2, 0.25) is 0 Å². The van der Waals surface area contributed by atoms with Crippen molar-refractivity contribution in [3.8, 4) is 0 Å². The van der Waals surface area contributed by atoms with Gasteiger partial charge in [0.1, 0.15) is 0 Å². The summed E-state index contributed by atoms with van der Waals surface area (Å²) >= 11 is 0. The number of nitrogens with one attached hydrogen (secondary N) is 1. The quantitative estimate of drug-likeness (QED) is 0.728. The first-order valence-corrected chi connectivity index (χ1v) is 9.77. The Morgan fingerprint density at radius 1 is 1.17 bits per heavy atom. The maximum absolute atomic E-state index is 12.3. The molecule has 2 aliphatic heterocycles. The molecular weight excluding hydrogens is 320 g/mol. The standard InChI is InChI=1S/C14H26N4O4S/c1-2-23(21,22)18-8-5-12(6-9-18)16-13(19)11-4-3-7-17(10-11)14(15)20/h11-12H,2-10H2,1H3,(H2,15,20)(H,16,19). The summed E-state index contributed by atoms with van der Waals surface area (Å²) in [6, 6.07) is -0.490. The summed E-state index contributed by atoms with van der Waals surface area (Å²) in [5, 5.41) is 3.00. The fourth-order valence-electron chi connectivity index (χ4n) is 3.17. The number of carbonyl (C=O) groups is 2. The van der Waals surface area contributed by atoms with Gasteiger partial charge in [-0.2, -0.15) is 0 Å². The molecule has 0 bridgehead atoms. The van der Waals surface area contributed by atoms with E-state index in [1.165, 1.54) is 9.21 Å². The lowest BCUT2D eigenvalue weighted by Crippen LogP contribution is -2.51. The lowest BCUT2D eigenvalue weighted by molar-refractivity contribution is -0.127. The topological polar surface area (TPSA) is 113 Å². The number of primary amides is 1. The number of sulfonamides is 1. The molecule has 2 fully saturated rings. The molecule has 3 N–H and O–H groups in total. The van der Waals surface area contributed by atoms with Gasteiger partial charge in [0.2, 0.25) is 15.9 Å². The van der Waals surface area contributed by atoms with E-state index in [-0.39, 0.29) is 23.6 Å². The highest BCUT2D eigenvalue weighted by atomic mass is 32.2. The van der Waals surface area contributed by atoms with Crippen LogP contribution in [0, 0.1) is 5.92 Å². The highest BCUT2D eigenvalue weighted by Gasteiger charge is 2.31. The van der Waals surface area contributed by atoms with Crippen LogP contribution in [-0.2, 0) is 14.8 Å². The fourth-order valence-corrected chi connectivity index (χ4v) is 4.30. The van der Waals surface area contributed by atoms with Gasteiger partial charge in [-0.25, -0.2) is 17.5 Å². The summed E-state index contributed by atoms with van der Waals surface area (Å²) in [5.41, 5.74) is 5.28. The molecule has 132 valence electrons. The summed E-state index contributed by atoms with van der Waals surface area (Å²) < 4.78 is 25.1. The molecule has 2 rings (SSSR count).